The maximum absolute atomic E-state index is 9.91. The number of ether oxygens (including phenoxy) is 2. The molecule has 0 aliphatic heterocycles. The second-order valence-corrected chi connectivity index (χ2v) is 28.7. The molecule has 0 aliphatic carbocycles. The van der Waals surface area contributed by atoms with E-state index in [0.29, 0.717) is 13.2 Å². The third kappa shape index (κ3) is 18.4. The summed E-state index contributed by atoms with van der Waals surface area (Å²) in [5.41, 5.74) is 0. The van der Waals surface area contributed by atoms with Crippen molar-refractivity contribution in [2.75, 3.05) is 19.8 Å². The van der Waals surface area contributed by atoms with Gasteiger partial charge in [-0.3, -0.25) is 0 Å². The van der Waals surface area contributed by atoms with Crippen molar-refractivity contribution in [3.63, 3.8) is 0 Å². The molecule has 5 nitrogen and oxygen atoms in total. The van der Waals surface area contributed by atoms with E-state index in [1.54, 1.807) is 0 Å². The highest BCUT2D eigenvalue weighted by Crippen LogP contribution is 2.20. The molecule has 27 heavy (non-hydrogen) atoms. The molecule has 0 aromatic heterocycles. The van der Waals surface area contributed by atoms with E-state index in [4.69, 9.17) is 17.7 Å². The van der Waals surface area contributed by atoms with Gasteiger partial charge in [-0.15, -0.1) is 0 Å². The molecule has 1 unspecified atom stereocenters. The fourth-order valence-corrected chi connectivity index (χ4v) is 19.4. The van der Waals surface area contributed by atoms with Gasteiger partial charge in [0.2, 0.25) is 0 Å². The number of aliphatic hydroxyl groups excluding tert-OH is 1. The van der Waals surface area contributed by atoms with Crippen LogP contribution in [-0.4, -0.2) is 64.5 Å². The Hall–Kier alpha value is 0.668. The van der Waals surface area contributed by atoms with Crippen LogP contribution in [0, 0.1) is 0 Å². The molecule has 0 aromatic carbocycles. The van der Waals surface area contributed by atoms with Gasteiger partial charge in [0.05, 0.1) is 6.61 Å². The summed E-state index contributed by atoms with van der Waals surface area (Å²) in [7, 11) is -6.16. The summed E-state index contributed by atoms with van der Waals surface area (Å²) in [5, 5.41) is 9.91. The zero-order chi connectivity index (χ0) is 21.4. The molecule has 1 N–H and O–H groups in total. The molecule has 0 saturated carbocycles. The van der Waals surface area contributed by atoms with Gasteiger partial charge in [-0.1, -0.05) is 0 Å². The summed E-state index contributed by atoms with van der Waals surface area (Å²) in [4.78, 5) is 0. The number of hydrogen-bond donors (Lipinski definition) is 1. The molecule has 0 amide bonds. The normalized spacial score (nSPS) is 15.2. The van der Waals surface area contributed by atoms with Crippen molar-refractivity contribution >= 4 is 33.3 Å². The van der Waals surface area contributed by atoms with E-state index in [-0.39, 0.29) is 6.61 Å². The van der Waals surface area contributed by atoms with Crippen molar-refractivity contribution in [3.8, 4) is 0 Å². The van der Waals surface area contributed by atoms with Crippen LogP contribution in [0.4, 0.5) is 0 Å². The smallest absolute Gasteiger partial charge is 0.178 e. The maximum Gasteiger partial charge on any atom is 0.178 e. The molecule has 0 fully saturated rings. The van der Waals surface area contributed by atoms with Crippen molar-refractivity contribution < 1.29 is 22.8 Å². The van der Waals surface area contributed by atoms with Crippen LogP contribution >= 0.6 is 0 Å². The van der Waals surface area contributed by atoms with Crippen LogP contribution in [0.5, 0.6) is 0 Å². The number of aliphatic hydroxyl groups is 1. The van der Waals surface area contributed by atoms with Crippen molar-refractivity contribution in [2.45, 2.75) is 96.7 Å². The van der Waals surface area contributed by atoms with Gasteiger partial charge in [0, 0.05) is 13.2 Å². The summed E-state index contributed by atoms with van der Waals surface area (Å²) in [5.74, 6) is 0. The van der Waals surface area contributed by atoms with Gasteiger partial charge in [-0.05, 0) is 90.4 Å². The molecule has 0 spiro atoms. The lowest BCUT2D eigenvalue weighted by Crippen LogP contribution is -2.42. The molecule has 0 radical (unpaired) electrons. The zero-order valence-corrected chi connectivity index (χ0v) is 23.6. The quantitative estimate of drug-likeness (QED) is 0.208. The summed E-state index contributed by atoms with van der Waals surface area (Å²) in [6, 6.07) is 2.15. The van der Waals surface area contributed by atoms with Crippen molar-refractivity contribution in [1.29, 1.82) is 0 Å². The first-order chi connectivity index (χ1) is 12.0. The SMILES string of the molecule is C[Si](C)(C)O[Si](C)(C)CCCOCC(O)OCCC[Si](C)(C)O[Si](C)(C)C. The summed E-state index contributed by atoms with van der Waals surface area (Å²) < 4.78 is 23.7. The van der Waals surface area contributed by atoms with Gasteiger partial charge < -0.3 is 22.8 Å². The van der Waals surface area contributed by atoms with Crippen LogP contribution in [0.2, 0.25) is 77.6 Å². The monoisotopic (exact) mass is 454 g/mol. The topological polar surface area (TPSA) is 57.2 Å². The highest BCUT2D eigenvalue weighted by Gasteiger charge is 2.30. The lowest BCUT2D eigenvalue weighted by atomic mass is 10.5. The highest BCUT2D eigenvalue weighted by molar-refractivity contribution is 6.84. The van der Waals surface area contributed by atoms with E-state index in [9.17, 15) is 5.11 Å². The maximum atomic E-state index is 9.91. The lowest BCUT2D eigenvalue weighted by Gasteiger charge is -2.31. The van der Waals surface area contributed by atoms with Crippen molar-refractivity contribution in [1.82, 2.24) is 0 Å². The molecule has 0 aliphatic rings. The Bertz CT molecular complexity index is 406. The third-order valence-electron chi connectivity index (χ3n) is 3.73. The van der Waals surface area contributed by atoms with Gasteiger partial charge in [-0.25, -0.2) is 0 Å². The van der Waals surface area contributed by atoms with E-state index in [0.717, 1.165) is 24.9 Å². The largest absolute Gasteiger partial charge is 0.456 e. The molecular formula is C18H46O5Si4. The average molecular weight is 455 g/mol. The first-order valence-electron chi connectivity index (χ1n) is 10.3. The molecule has 0 saturated heterocycles. The summed E-state index contributed by atoms with van der Waals surface area (Å²) in [6.07, 6.45) is 1.06. The molecule has 0 aromatic rings. The van der Waals surface area contributed by atoms with Crippen LogP contribution in [0.25, 0.3) is 0 Å². The third-order valence-corrected chi connectivity index (χ3v) is 16.2. The first-order valence-corrected chi connectivity index (χ1v) is 23.3. The lowest BCUT2D eigenvalue weighted by molar-refractivity contribution is -0.137. The Labute approximate surface area is 172 Å². The molecule has 0 rings (SSSR count). The Balaban J connectivity index is 3.80. The molecule has 1 atom stereocenters. The van der Waals surface area contributed by atoms with Crippen LogP contribution in [0.15, 0.2) is 0 Å². The van der Waals surface area contributed by atoms with E-state index >= 15 is 0 Å². The van der Waals surface area contributed by atoms with Crippen LogP contribution < -0.4 is 0 Å². The minimum absolute atomic E-state index is 0.239. The van der Waals surface area contributed by atoms with E-state index in [2.05, 4.69) is 65.5 Å². The van der Waals surface area contributed by atoms with E-state index in [1.807, 2.05) is 0 Å². The Kier molecular flexibility index (Phi) is 12.0. The number of rotatable bonds is 15. The Morgan fingerprint density at radius 3 is 1.48 bits per heavy atom. The standard InChI is InChI=1S/C18H46O5Si4/c1-24(2,3)22-26(7,8)15-11-13-20-17-18(19)21-14-12-16-27(9,10)23-25(4,5)6/h18-19H,11-17H2,1-10H3. The van der Waals surface area contributed by atoms with Crippen molar-refractivity contribution in [3.05, 3.63) is 0 Å². The second-order valence-electron chi connectivity index (χ2n) is 10.6. The van der Waals surface area contributed by atoms with E-state index in [1.165, 1.54) is 0 Å². The molecule has 0 heterocycles. The summed E-state index contributed by atoms with van der Waals surface area (Å²) in [6.45, 7) is 24.0. The summed E-state index contributed by atoms with van der Waals surface area (Å²) >= 11 is 0. The predicted molar refractivity (Wildman–Crippen MR) is 125 cm³/mol. The van der Waals surface area contributed by atoms with Gasteiger partial charge in [0.25, 0.3) is 0 Å². The Morgan fingerprint density at radius 2 is 1.07 bits per heavy atom. The minimum atomic E-state index is -1.62. The second kappa shape index (κ2) is 11.8. The predicted octanol–water partition coefficient (Wildman–Crippen LogP) is 5.23. The molecule has 9 heteroatoms. The van der Waals surface area contributed by atoms with E-state index < -0.39 is 39.6 Å². The van der Waals surface area contributed by atoms with Gasteiger partial charge in [-0.2, -0.15) is 0 Å². The molecule has 0 bridgehead atoms. The molecule has 164 valence electrons. The minimum Gasteiger partial charge on any atom is -0.456 e. The van der Waals surface area contributed by atoms with Crippen molar-refractivity contribution in [2.24, 2.45) is 0 Å². The number of hydrogen-bond acceptors (Lipinski definition) is 5. The fourth-order valence-electron chi connectivity index (χ4n) is 3.31. The first kappa shape index (κ1) is 27.7. The van der Waals surface area contributed by atoms with Crippen LogP contribution in [0.1, 0.15) is 12.8 Å². The highest BCUT2D eigenvalue weighted by atomic mass is 28.4. The Morgan fingerprint density at radius 1 is 0.667 bits per heavy atom. The van der Waals surface area contributed by atoms with Gasteiger partial charge in [0.15, 0.2) is 39.6 Å². The zero-order valence-electron chi connectivity index (χ0n) is 19.6. The average Bonchev–Trinajstić information content (AvgIpc) is 2.37. The van der Waals surface area contributed by atoms with Crippen LogP contribution in [-0.2, 0) is 17.7 Å². The van der Waals surface area contributed by atoms with Gasteiger partial charge in [0.1, 0.15) is 0 Å². The van der Waals surface area contributed by atoms with Gasteiger partial charge >= 0.3 is 0 Å². The van der Waals surface area contributed by atoms with Crippen LogP contribution in [0.3, 0.4) is 0 Å². The fraction of sp³-hybridized carbons (Fsp3) is 1.00. The molecular weight excluding hydrogens is 409 g/mol.